The third kappa shape index (κ3) is 2.73. The predicted octanol–water partition coefficient (Wildman–Crippen LogP) is 0.936. The standard InChI is InChI=1S/C10H15N3O/c1-7-6-9(4-5-12-7)13-8(2)10(14)11-3/h4-6,8H,1-3H3,(H,11,14)(H,12,13). The van der Waals surface area contributed by atoms with Crippen LogP contribution in [0.2, 0.25) is 0 Å². The fourth-order valence-corrected chi connectivity index (χ4v) is 1.17. The van der Waals surface area contributed by atoms with Crippen LogP contribution in [-0.2, 0) is 4.79 Å². The van der Waals surface area contributed by atoms with Crippen LogP contribution in [0.15, 0.2) is 18.3 Å². The van der Waals surface area contributed by atoms with Gasteiger partial charge in [0.25, 0.3) is 0 Å². The molecule has 1 heterocycles. The Morgan fingerprint density at radius 2 is 2.29 bits per heavy atom. The number of pyridine rings is 1. The molecule has 0 saturated carbocycles. The summed E-state index contributed by atoms with van der Waals surface area (Å²) in [4.78, 5) is 15.3. The summed E-state index contributed by atoms with van der Waals surface area (Å²) in [6.45, 7) is 3.73. The Hall–Kier alpha value is -1.58. The molecule has 1 atom stereocenters. The van der Waals surface area contributed by atoms with Gasteiger partial charge in [0.05, 0.1) is 0 Å². The molecule has 0 aliphatic heterocycles. The van der Waals surface area contributed by atoms with Crippen LogP contribution in [0.3, 0.4) is 0 Å². The normalized spacial score (nSPS) is 11.9. The van der Waals surface area contributed by atoms with Gasteiger partial charge in [-0.05, 0) is 26.0 Å². The minimum Gasteiger partial charge on any atom is -0.374 e. The van der Waals surface area contributed by atoms with Crippen molar-refractivity contribution in [2.45, 2.75) is 19.9 Å². The molecule has 0 aromatic carbocycles. The molecular formula is C10H15N3O. The molecule has 76 valence electrons. The van der Waals surface area contributed by atoms with Crippen molar-refractivity contribution < 1.29 is 4.79 Å². The number of hydrogen-bond acceptors (Lipinski definition) is 3. The van der Waals surface area contributed by atoms with Gasteiger partial charge in [0.1, 0.15) is 6.04 Å². The lowest BCUT2D eigenvalue weighted by molar-refractivity contribution is -0.121. The number of nitrogens with zero attached hydrogens (tertiary/aromatic N) is 1. The van der Waals surface area contributed by atoms with Crippen LogP contribution in [0, 0.1) is 6.92 Å². The van der Waals surface area contributed by atoms with Crippen LogP contribution in [0.4, 0.5) is 5.69 Å². The van der Waals surface area contributed by atoms with Gasteiger partial charge < -0.3 is 10.6 Å². The quantitative estimate of drug-likeness (QED) is 0.751. The lowest BCUT2D eigenvalue weighted by Gasteiger charge is -2.13. The van der Waals surface area contributed by atoms with Gasteiger partial charge in [0, 0.05) is 24.6 Å². The van der Waals surface area contributed by atoms with Crippen LogP contribution < -0.4 is 10.6 Å². The SMILES string of the molecule is CNC(=O)C(C)Nc1ccnc(C)c1. The number of nitrogens with one attached hydrogen (secondary N) is 2. The van der Waals surface area contributed by atoms with Gasteiger partial charge >= 0.3 is 0 Å². The molecule has 4 heteroatoms. The van der Waals surface area contributed by atoms with Crippen molar-refractivity contribution in [2.24, 2.45) is 0 Å². The second-order valence-corrected chi connectivity index (χ2v) is 3.17. The van der Waals surface area contributed by atoms with Crippen LogP contribution in [-0.4, -0.2) is 24.0 Å². The number of anilines is 1. The van der Waals surface area contributed by atoms with E-state index >= 15 is 0 Å². The first-order valence-corrected chi connectivity index (χ1v) is 4.54. The Labute approximate surface area is 83.7 Å². The molecule has 1 unspecified atom stereocenters. The number of aromatic nitrogens is 1. The number of likely N-dealkylation sites (N-methyl/N-ethyl adjacent to an activating group) is 1. The molecule has 1 aromatic rings. The molecule has 4 nitrogen and oxygen atoms in total. The summed E-state index contributed by atoms with van der Waals surface area (Å²) in [5.74, 6) is -0.0283. The van der Waals surface area contributed by atoms with Crippen molar-refractivity contribution >= 4 is 11.6 Å². The maximum atomic E-state index is 11.2. The highest BCUT2D eigenvalue weighted by Crippen LogP contribution is 2.08. The lowest BCUT2D eigenvalue weighted by Crippen LogP contribution is -2.35. The Bertz CT molecular complexity index is 325. The van der Waals surface area contributed by atoms with Gasteiger partial charge in [0.2, 0.25) is 5.91 Å². The van der Waals surface area contributed by atoms with E-state index in [9.17, 15) is 4.79 Å². The summed E-state index contributed by atoms with van der Waals surface area (Å²) in [6.07, 6.45) is 1.72. The van der Waals surface area contributed by atoms with Gasteiger partial charge in [-0.25, -0.2) is 0 Å². The molecule has 1 aromatic heterocycles. The van der Waals surface area contributed by atoms with E-state index < -0.39 is 0 Å². The fourth-order valence-electron chi connectivity index (χ4n) is 1.17. The predicted molar refractivity (Wildman–Crippen MR) is 56.1 cm³/mol. The first kappa shape index (κ1) is 10.5. The maximum Gasteiger partial charge on any atom is 0.241 e. The summed E-state index contributed by atoms with van der Waals surface area (Å²) in [5, 5.41) is 5.66. The molecule has 14 heavy (non-hydrogen) atoms. The summed E-state index contributed by atoms with van der Waals surface area (Å²) >= 11 is 0. The van der Waals surface area contributed by atoms with Crippen molar-refractivity contribution in [3.63, 3.8) is 0 Å². The molecule has 0 spiro atoms. The molecule has 0 fully saturated rings. The molecule has 1 rings (SSSR count). The highest BCUT2D eigenvalue weighted by atomic mass is 16.2. The number of amides is 1. The molecule has 1 amide bonds. The van der Waals surface area contributed by atoms with Crippen LogP contribution in [0.1, 0.15) is 12.6 Å². The average molecular weight is 193 g/mol. The number of aryl methyl sites for hydroxylation is 1. The van der Waals surface area contributed by atoms with Crippen molar-refractivity contribution in [3.8, 4) is 0 Å². The first-order valence-electron chi connectivity index (χ1n) is 4.54. The highest BCUT2D eigenvalue weighted by Gasteiger charge is 2.09. The van der Waals surface area contributed by atoms with Crippen molar-refractivity contribution in [3.05, 3.63) is 24.0 Å². The fraction of sp³-hybridized carbons (Fsp3) is 0.400. The van der Waals surface area contributed by atoms with E-state index in [4.69, 9.17) is 0 Å². The Morgan fingerprint density at radius 3 is 2.86 bits per heavy atom. The van der Waals surface area contributed by atoms with E-state index in [-0.39, 0.29) is 11.9 Å². The minimum absolute atomic E-state index is 0.0283. The number of hydrogen-bond donors (Lipinski definition) is 2. The van der Waals surface area contributed by atoms with Crippen molar-refractivity contribution in [1.82, 2.24) is 10.3 Å². The molecule has 0 bridgehead atoms. The van der Waals surface area contributed by atoms with Gasteiger partial charge in [-0.15, -0.1) is 0 Å². The molecule has 2 N–H and O–H groups in total. The van der Waals surface area contributed by atoms with E-state index in [1.54, 1.807) is 13.2 Å². The van der Waals surface area contributed by atoms with Gasteiger partial charge in [0.15, 0.2) is 0 Å². The van der Waals surface area contributed by atoms with Gasteiger partial charge in [-0.3, -0.25) is 9.78 Å². The Morgan fingerprint density at radius 1 is 1.57 bits per heavy atom. The molecule has 0 aliphatic carbocycles. The minimum atomic E-state index is -0.234. The summed E-state index contributed by atoms with van der Waals surface area (Å²) in [7, 11) is 1.62. The number of carbonyl (C=O) groups excluding carboxylic acids is 1. The second-order valence-electron chi connectivity index (χ2n) is 3.17. The van der Waals surface area contributed by atoms with Crippen LogP contribution >= 0.6 is 0 Å². The largest absolute Gasteiger partial charge is 0.374 e. The van der Waals surface area contributed by atoms with E-state index in [0.717, 1.165) is 11.4 Å². The Balaban J connectivity index is 2.64. The first-order chi connectivity index (χ1) is 6.63. The van der Waals surface area contributed by atoms with Crippen molar-refractivity contribution in [2.75, 3.05) is 12.4 Å². The van der Waals surface area contributed by atoms with E-state index in [1.165, 1.54) is 0 Å². The van der Waals surface area contributed by atoms with E-state index in [2.05, 4.69) is 15.6 Å². The number of carbonyl (C=O) groups is 1. The Kier molecular flexibility index (Phi) is 3.45. The average Bonchev–Trinajstić information content (AvgIpc) is 2.16. The third-order valence-corrected chi connectivity index (χ3v) is 1.92. The molecular weight excluding hydrogens is 178 g/mol. The van der Waals surface area contributed by atoms with Crippen LogP contribution in [0.25, 0.3) is 0 Å². The van der Waals surface area contributed by atoms with Gasteiger partial charge in [-0.2, -0.15) is 0 Å². The zero-order chi connectivity index (χ0) is 10.6. The van der Waals surface area contributed by atoms with E-state index in [0.29, 0.717) is 0 Å². The smallest absolute Gasteiger partial charge is 0.241 e. The van der Waals surface area contributed by atoms with Crippen LogP contribution in [0.5, 0.6) is 0 Å². The number of rotatable bonds is 3. The zero-order valence-corrected chi connectivity index (χ0v) is 8.66. The topological polar surface area (TPSA) is 54.0 Å². The maximum absolute atomic E-state index is 11.2. The van der Waals surface area contributed by atoms with E-state index in [1.807, 2.05) is 26.0 Å². The summed E-state index contributed by atoms with van der Waals surface area (Å²) < 4.78 is 0. The molecule has 0 radical (unpaired) electrons. The molecule has 0 saturated heterocycles. The third-order valence-electron chi connectivity index (χ3n) is 1.92. The highest BCUT2D eigenvalue weighted by molar-refractivity contribution is 5.83. The summed E-state index contributed by atoms with van der Waals surface area (Å²) in [6, 6.07) is 3.51. The zero-order valence-electron chi connectivity index (χ0n) is 8.66. The molecule has 0 aliphatic rings. The lowest BCUT2D eigenvalue weighted by atomic mass is 10.2. The van der Waals surface area contributed by atoms with Crippen molar-refractivity contribution in [1.29, 1.82) is 0 Å². The van der Waals surface area contributed by atoms with Gasteiger partial charge in [-0.1, -0.05) is 0 Å². The second kappa shape index (κ2) is 4.60. The monoisotopic (exact) mass is 193 g/mol. The summed E-state index contributed by atoms with van der Waals surface area (Å²) in [5.41, 5.74) is 1.84.